The van der Waals surface area contributed by atoms with Crippen molar-refractivity contribution >= 4 is 11.5 Å². The van der Waals surface area contributed by atoms with Crippen LogP contribution in [-0.4, -0.2) is 54.1 Å². The number of nitrogens with zero attached hydrogens (tertiary/aromatic N) is 4. The van der Waals surface area contributed by atoms with E-state index in [0.29, 0.717) is 0 Å². The third kappa shape index (κ3) is 4.18. The summed E-state index contributed by atoms with van der Waals surface area (Å²) in [5.41, 5.74) is 3.23. The maximum Gasteiger partial charge on any atom is 0.160 e. The molecule has 1 fully saturated rings. The van der Waals surface area contributed by atoms with Gasteiger partial charge in [-0.25, -0.2) is 18.7 Å². The number of anilines is 2. The maximum atomic E-state index is 13.4. The van der Waals surface area contributed by atoms with E-state index in [1.165, 1.54) is 36.2 Å². The van der Waals surface area contributed by atoms with E-state index in [4.69, 9.17) is 0 Å². The molecule has 5 nitrogen and oxygen atoms in total. The van der Waals surface area contributed by atoms with Crippen molar-refractivity contribution in [3.8, 4) is 0 Å². The van der Waals surface area contributed by atoms with Crippen LogP contribution in [0.4, 0.5) is 20.3 Å². The number of benzene rings is 1. The number of fused-ring (bicyclic) bond motifs is 1. The SMILES string of the molecule is Fc1ccc(N2CCN(CCNc3ncnc4c3CCCC4)CC2)cc1F. The van der Waals surface area contributed by atoms with Gasteiger partial charge in [-0.2, -0.15) is 0 Å². The van der Waals surface area contributed by atoms with Gasteiger partial charge in [0.1, 0.15) is 12.1 Å². The highest BCUT2D eigenvalue weighted by atomic mass is 19.2. The van der Waals surface area contributed by atoms with Crippen LogP contribution in [-0.2, 0) is 12.8 Å². The minimum atomic E-state index is -0.796. The number of nitrogens with one attached hydrogen (secondary N) is 1. The van der Waals surface area contributed by atoms with E-state index >= 15 is 0 Å². The minimum absolute atomic E-state index is 0.749. The third-order valence-electron chi connectivity index (χ3n) is 5.49. The molecule has 0 radical (unpaired) electrons. The number of hydrogen-bond acceptors (Lipinski definition) is 5. The molecule has 144 valence electrons. The molecule has 0 atom stereocenters. The molecule has 2 aromatic rings. The molecule has 0 spiro atoms. The fourth-order valence-electron chi connectivity index (χ4n) is 3.92. The van der Waals surface area contributed by atoms with Gasteiger partial charge in [-0.05, 0) is 37.8 Å². The minimum Gasteiger partial charge on any atom is -0.369 e. The second-order valence-electron chi connectivity index (χ2n) is 7.21. The lowest BCUT2D eigenvalue weighted by molar-refractivity contribution is 0.267. The molecule has 7 heteroatoms. The van der Waals surface area contributed by atoms with Gasteiger partial charge < -0.3 is 10.2 Å². The monoisotopic (exact) mass is 373 g/mol. The molecule has 0 saturated carbocycles. The lowest BCUT2D eigenvalue weighted by Gasteiger charge is -2.36. The number of rotatable bonds is 5. The average molecular weight is 373 g/mol. The van der Waals surface area contributed by atoms with E-state index in [1.807, 2.05) is 0 Å². The molecule has 0 bridgehead atoms. The highest BCUT2D eigenvalue weighted by Crippen LogP contribution is 2.24. The van der Waals surface area contributed by atoms with Gasteiger partial charge in [-0.1, -0.05) is 0 Å². The number of halogens is 2. The lowest BCUT2D eigenvalue weighted by Crippen LogP contribution is -2.47. The second-order valence-corrected chi connectivity index (χ2v) is 7.21. The molecule has 4 rings (SSSR count). The van der Waals surface area contributed by atoms with Crippen LogP contribution in [0.25, 0.3) is 0 Å². The zero-order chi connectivity index (χ0) is 18.6. The van der Waals surface area contributed by atoms with Crippen molar-refractivity contribution < 1.29 is 8.78 Å². The van der Waals surface area contributed by atoms with Crippen molar-refractivity contribution in [2.45, 2.75) is 25.7 Å². The molecule has 1 aliphatic heterocycles. The maximum absolute atomic E-state index is 13.4. The van der Waals surface area contributed by atoms with E-state index in [0.717, 1.165) is 63.6 Å². The van der Waals surface area contributed by atoms with E-state index < -0.39 is 11.6 Å². The number of hydrogen-bond donors (Lipinski definition) is 1. The third-order valence-corrected chi connectivity index (χ3v) is 5.49. The Labute approximate surface area is 158 Å². The lowest BCUT2D eigenvalue weighted by atomic mass is 9.96. The first-order valence-corrected chi connectivity index (χ1v) is 9.70. The summed E-state index contributed by atoms with van der Waals surface area (Å²) in [6.45, 7) is 5.21. The molecular weight excluding hydrogens is 348 g/mol. The summed E-state index contributed by atoms with van der Waals surface area (Å²) in [6.07, 6.45) is 6.20. The van der Waals surface area contributed by atoms with Gasteiger partial charge in [0.25, 0.3) is 0 Å². The van der Waals surface area contributed by atoms with Crippen LogP contribution in [0, 0.1) is 11.6 Å². The average Bonchev–Trinajstić information content (AvgIpc) is 2.71. The molecule has 1 aliphatic carbocycles. The van der Waals surface area contributed by atoms with Gasteiger partial charge in [-0.3, -0.25) is 4.90 Å². The normalized spacial score (nSPS) is 17.6. The fourth-order valence-corrected chi connectivity index (χ4v) is 3.92. The molecule has 0 amide bonds. The molecule has 1 saturated heterocycles. The number of aryl methyl sites for hydroxylation is 1. The number of piperazine rings is 1. The van der Waals surface area contributed by atoms with Crippen molar-refractivity contribution in [1.82, 2.24) is 14.9 Å². The van der Waals surface area contributed by atoms with Gasteiger partial charge in [0.2, 0.25) is 0 Å². The summed E-state index contributed by atoms with van der Waals surface area (Å²) in [7, 11) is 0. The zero-order valence-corrected chi connectivity index (χ0v) is 15.4. The zero-order valence-electron chi connectivity index (χ0n) is 15.4. The molecule has 1 aromatic heterocycles. The fraction of sp³-hybridized carbons (Fsp3) is 0.500. The number of aromatic nitrogens is 2. The Balaban J connectivity index is 1.26. The Morgan fingerprint density at radius 2 is 1.78 bits per heavy atom. The van der Waals surface area contributed by atoms with Crippen molar-refractivity contribution in [2.24, 2.45) is 0 Å². The Morgan fingerprint density at radius 3 is 2.59 bits per heavy atom. The molecule has 2 heterocycles. The van der Waals surface area contributed by atoms with Crippen molar-refractivity contribution in [1.29, 1.82) is 0 Å². The smallest absolute Gasteiger partial charge is 0.160 e. The standard InChI is InChI=1S/C20H25F2N5/c21-17-6-5-15(13-18(17)22)27-11-9-26(10-12-27)8-7-23-20-16-3-1-2-4-19(16)24-14-25-20/h5-6,13-14H,1-4,7-12H2,(H,23,24,25). The van der Waals surface area contributed by atoms with Crippen LogP contribution in [0.2, 0.25) is 0 Å². The van der Waals surface area contributed by atoms with Crippen LogP contribution >= 0.6 is 0 Å². The van der Waals surface area contributed by atoms with Gasteiger partial charge in [0.15, 0.2) is 11.6 Å². The van der Waals surface area contributed by atoms with E-state index in [-0.39, 0.29) is 0 Å². The highest BCUT2D eigenvalue weighted by molar-refractivity contribution is 5.48. The first kappa shape index (κ1) is 18.1. The predicted octanol–water partition coefficient (Wildman–Crippen LogP) is 2.87. The van der Waals surface area contributed by atoms with Crippen molar-refractivity contribution in [3.63, 3.8) is 0 Å². The van der Waals surface area contributed by atoms with Crippen LogP contribution < -0.4 is 10.2 Å². The van der Waals surface area contributed by atoms with Gasteiger partial charge >= 0.3 is 0 Å². The quantitative estimate of drug-likeness (QED) is 0.873. The molecule has 2 aliphatic rings. The Bertz CT molecular complexity index is 790. The highest BCUT2D eigenvalue weighted by Gasteiger charge is 2.19. The van der Waals surface area contributed by atoms with Gasteiger partial charge in [0.05, 0.1) is 0 Å². The van der Waals surface area contributed by atoms with Crippen LogP contribution in [0.5, 0.6) is 0 Å². The molecule has 1 aromatic carbocycles. The van der Waals surface area contributed by atoms with Crippen molar-refractivity contribution in [3.05, 3.63) is 47.4 Å². The molecule has 0 unspecified atom stereocenters. The summed E-state index contributed by atoms with van der Waals surface area (Å²) in [6, 6.07) is 4.13. The Kier molecular flexibility index (Phi) is 5.48. The van der Waals surface area contributed by atoms with E-state index in [2.05, 4.69) is 25.1 Å². The Morgan fingerprint density at radius 1 is 0.963 bits per heavy atom. The summed E-state index contributed by atoms with van der Waals surface area (Å²) < 4.78 is 26.5. The van der Waals surface area contributed by atoms with E-state index in [9.17, 15) is 8.78 Å². The first-order valence-electron chi connectivity index (χ1n) is 9.70. The van der Waals surface area contributed by atoms with Crippen LogP contribution in [0.15, 0.2) is 24.5 Å². The summed E-state index contributed by atoms with van der Waals surface area (Å²) in [5.74, 6) is -0.595. The molecular formula is C20H25F2N5. The van der Waals surface area contributed by atoms with Crippen molar-refractivity contribution in [2.75, 3.05) is 49.5 Å². The molecule has 27 heavy (non-hydrogen) atoms. The second kappa shape index (κ2) is 8.17. The van der Waals surface area contributed by atoms with E-state index in [1.54, 1.807) is 12.4 Å². The summed E-state index contributed by atoms with van der Waals surface area (Å²) in [4.78, 5) is 13.3. The van der Waals surface area contributed by atoms with Crippen LogP contribution in [0.3, 0.4) is 0 Å². The Hall–Kier alpha value is -2.28. The summed E-state index contributed by atoms with van der Waals surface area (Å²) >= 11 is 0. The molecule has 1 N–H and O–H groups in total. The van der Waals surface area contributed by atoms with Crippen LogP contribution in [0.1, 0.15) is 24.1 Å². The topological polar surface area (TPSA) is 44.3 Å². The summed E-state index contributed by atoms with van der Waals surface area (Å²) in [5, 5.41) is 3.48. The predicted molar refractivity (Wildman–Crippen MR) is 102 cm³/mol. The first-order chi connectivity index (χ1) is 13.2. The largest absolute Gasteiger partial charge is 0.369 e. The van der Waals surface area contributed by atoms with Gasteiger partial charge in [-0.15, -0.1) is 0 Å². The van der Waals surface area contributed by atoms with Gasteiger partial charge in [0, 0.05) is 62.3 Å².